The van der Waals surface area contributed by atoms with Crippen LogP contribution in [0.4, 0.5) is 4.39 Å². The second-order valence-corrected chi connectivity index (χ2v) is 6.46. The number of hydrogen-bond acceptors (Lipinski definition) is 2. The first-order chi connectivity index (χ1) is 11.6. The van der Waals surface area contributed by atoms with Crippen molar-refractivity contribution >= 4 is 16.8 Å². The molecule has 24 heavy (non-hydrogen) atoms. The molecule has 1 fully saturated rings. The number of carbonyl (C=O) groups excluding carboxylic acids is 1. The zero-order chi connectivity index (χ0) is 16.7. The van der Waals surface area contributed by atoms with Gasteiger partial charge in [0.1, 0.15) is 11.5 Å². The fraction of sp³-hybridized carbons (Fsp3) is 0.333. The van der Waals surface area contributed by atoms with E-state index in [1.54, 1.807) is 18.6 Å². The van der Waals surface area contributed by atoms with Crippen LogP contribution in [0.5, 0.6) is 0 Å². The third kappa shape index (κ3) is 2.58. The number of H-pyrrole nitrogens is 1. The summed E-state index contributed by atoms with van der Waals surface area (Å²) in [4.78, 5) is 19.7. The highest BCUT2D eigenvalue weighted by Gasteiger charge is 2.30. The van der Waals surface area contributed by atoms with E-state index < -0.39 is 0 Å². The molecule has 2 unspecified atom stereocenters. The summed E-state index contributed by atoms with van der Waals surface area (Å²) in [6.07, 6.45) is 8.53. The third-order valence-electron chi connectivity index (χ3n) is 4.86. The Kier molecular flexibility index (Phi) is 3.59. The van der Waals surface area contributed by atoms with Crippen LogP contribution in [-0.4, -0.2) is 26.5 Å². The van der Waals surface area contributed by atoms with Crippen molar-refractivity contribution in [3.05, 3.63) is 54.0 Å². The number of carbonyl (C=O) groups is 1. The number of aromatic nitrogens is 3. The Bertz CT molecular complexity index is 884. The Balaban J connectivity index is 1.57. The van der Waals surface area contributed by atoms with Gasteiger partial charge in [0, 0.05) is 29.3 Å². The van der Waals surface area contributed by atoms with Gasteiger partial charge < -0.3 is 14.9 Å². The molecule has 0 aliphatic heterocycles. The molecule has 5 nitrogen and oxygen atoms in total. The normalized spacial score (nSPS) is 20.6. The van der Waals surface area contributed by atoms with Gasteiger partial charge in [-0.15, -0.1) is 0 Å². The van der Waals surface area contributed by atoms with Crippen LogP contribution >= 0.6 is 0 Å². The largest absolute Gasteiger partial charge is 0.350 e. The summed E-state index contributed by atoms with van der Waals surface area (Å²) >= 11 is 0. The molecule has 0 saturated heterocycles. The fourth-order valence-electron chi connectivity index (χ4n) is 3.67. The number of rotatable bonds is 3. The summed E-state index contributed by atoms with van der Waals surface area (Å²) in [5.41, 5.74) is 1.93. The van der Waals surface area contributed by atoms with E-state index >= 15 is 0 Å². The monoisotopic (exact) mass is 326 g/mol. The van der Waals surface area contributed by atoms with Gasteiger partial charge in [-0.05, 0) is 49.9 Å². The molecule has 0 bridgehead atoms. The minimum atomic E-state index is -0.301. The smallest absolute Gasteiger partial charge is 0.268 e. The molecule has 2 atom stereocenters. The molecule has 2 aromatic heterocycles. The summed E-state index contributed by atoms with van der Waals surface area (Å²) in [7, 11) is 0. The van der Waals surface area contributed by atoms with Crippen molar-refractivity contribution < 1.29 is 9.18 Å². The Morgan fingerprint density at radius 3 is 3.04 bits per heavy atom. The Labute approximate surface area is 138 Å². The highest BCUT2D eigenvalue weighted by atomic mass is 19.1. The molecule has 1 aliphatic carbocycles. The SMILES string of the molecule is Cc1cc(F)cc2[nH]c(C(=O)NC3CCCC3n3ccnc3)cc12. The number of imidazole rings is 1. The maximum Gasteiger partial charge on any atom is 0.268 e. The number of fused-ring (bicyclic) bond motifs is 1. The molecule has 3 aromatic rings. The first kappa shape index (κ1) is 14.9. The van der Waals surface area contributed by atoms with Crippen molar-refractivity contribution in [1.82, 2.24) is 19.9 Å². The highest BCUT2D eigenvalue weighted by molar-refractivity contribution is 5.99. The van der Waals surface area contributed by atoms with Gasteiger partial charge in [0.25, 0.3) is 5.91 Å². The average molecular weight is 326 g/mol. The van der Waals surface area contributed by atoms with Gasteiger partial charge in [0.15, 0.2) is 0 Å². The van der Waals surface area contributed by atoms with Crippen molar-refractivity contribution in [3.63, 3.8) is 0 Å². The van der Waals surface area contributed by atoms with Crippen molar-refractivity contribution in [2.75, 3.05) is 0 Å². The Hall–Kier alpha value is -2.63. The number of benzene rings is 1. The van der Waals surface area contributed by atoms with Crippen molar-refractivity contribution in [2.45, 2.75) is 38.3 Å². The van der Waals surface area contributed by atoms with Gasteiger partial charge in [-0.3, -0.25) is 4.79 Å². The summed E-state index contributed by atoms with van der Waals surface area (Å²) in [6.45, 7) is 1.84. The van der Waals surface area contributed by atoms with Crippen LogP contribution in [0.15, 0.2) is 36.9 Å². The van der Waals surface area contributed by atoms with E-state index in [-0.39, 0.29) is 23.8 Å². The molecule has 6 heteroatoms. The van der Waals surface area contributed by atoms with Crippen LogP contribution in [-0.2, 0) is 0 Å². The second-order valence-electron chi connectivity index (χ2n) is 6.46. The molecular formula is C18H19FN4O. The number of aryl methyl sites for hydroxylation is 1. The number of nitrogens with zero attached hydrogens (tertiary/aromatic N) is 2. The van der Waals surface area contributed by atoms with Crippen molar-refractivity contribution in [1.29, 1.82) is 0 Å². The van der Waals surface area contributed by atoms with Crippen molar-refractivity contribution in [2.24, 2.45) is 0 Å². The van der Waals surface area contributed by atoms with Crippen LogP contribution in [0.25, 0.3) is 10.9 Å². The van der Waals surface area contributed by atoms with Crippen LogP contribution in [0.1, 0.15) is 41.4 Å². The number of halogens is 1. The molecule has 1 amide bonds. The highest BCUT2D eigenvalue weighted by Crippen LogP contribution is 2.30. The first-order valence-electron chi connectivity index (χ1n) is 8.19. The number of nitrogens with one attached hydrogen (secondary N) is 2. The summed E-state index contributed by atoms with van der Waals surface area (Å²) in [6, 6.07) is 5.00. The Morgan fingerprint density at radius 1 is 1.38 bits per heavy atom. The van der Waals surface area contributed by atoms with E-state index in [1.165, 1.54) is 12.1 Å². The first-order valence-corrected chi connectivity index (χ1v) is 8.19. The molecule has 1 saturated carbocycles. The number of hydrogen-bond donors (Lipinski definition) is 2. The van der Waals surface area contributed by atoms with Gasteiger partial charge in [0.05, 0.1) is 12.4 Å². The van der Waals surface area contributed by atoms with Crippen LogP contribution in [0.2, 0.25) is 0 Å². The lowest BCUT2D eigenvalue weighted by atomic mass is 10.1. The molecule has 4 rings (SSSR count). The lowest BCUT2D eigenvalue weighted by Crippen LogP contribution is -2.38. The third-order valence-corrected chi connectivity index (χ3v) is 4.86. The minimum absolute atomic E-state index is 0.0796. The maximum absolute atomic E-state index is 13.5. The fourth-order valence-corrected chi connectivity index (χ4v) is 3.67. The predicted octanol–water partition coefficient (Wildman–Crippen LogP) is 3.34. The molecular weight excluding hydrogens is 307 g/mol. The quantitative estimate of drug-likeness (QED) is 0.775. The second kappa shape index (κ2) is 5.78. The molecule has 0 spiro atoms. The van der Waals surface area contributed by atoms with Gasteiger partial charge in [-0.1, -0.05) is 0 Å². The van der Waals surface area contributed by atoms with E-state index in [4.69, 9.17) is 0 Å². The lowest BCUT2D eigenvalue weighted by Gasteiger charge is -2.21. The molecule has 124 valence electrons. The standard InChI is InChI=1S/C18H19FN4O/c1-11-7-12(19)8-15-13(11)9-16(21-15)18(24)22-14-3-2-4-17(14)23-6-5-20-10-23/h5-10,14,17,21H,2-4H2,1H3,(H,22,24). The zero-order valence-electron chi connectivity index (χ0n) is 13.4. The van der Waals surface area contributed by atoms with E-state index in [2.05, 4.69) is 19.9 Å². The average Bonchev–Trinajstić information content (AvgIpc) is 3.26. The maximum atomic E-state index is 13.5. The van der Waals surface area contributed by atoms with Gasteiger partial charge in [-0.2, -0.15) is 0 Å². The van der Waals surface area contributed by atoms with Crippen LogP contribution in [0, 0.1) is 12.7 Å². The number of amides is 1. The molecule has 0 radical (unpaired) electrons. The van der Waals surface area contributed by atoms with Gasteiger partial charge >= 0.3 is 0 Å². The molecule has 1 aliphatic rings. The van der Waals surface area contributed by atoms with Crippen LogP contribution in [0.3, 0.4) is 0 Å². The lowest BCUT2D eigenvalue weighted by molar-refractivity contribution is 0.0924. The van der Waals surface area contributed by atoms with E-state index in [1.807, 2.05) is 13.1 Å². The summed E-state index contributed by atoms with van der Waals surface area (Å²) in [5, 5.41) is 3.99. The summed E-state index contributed by atoms with van der Waals surface area (Å²) < 4.78 is 15.6. The topological polar surface area (TPSA) is 62.7 Å². The van der Waals surface area contributed by atoms with Gasteiger partial charge in [-0.25, -0.2) is 9.37 Å². The zero-order valence-corrected chi connectivity index (χ0v) is 13.4. The molecule has 1 aromatic carbocycles. The van der Waals surface area contributed by atoms with Crippen LogP contribution < -0.4 is 5.32 Å². The predicted molar refractivity (Wildman–Crippen MR) is 89.4 cm³/mol. The van der Waals surface area contributed by atoms with Crippen molar-refractivity contribution in [3.8, 4) is 0 Å². The van der Waals surface area contributed by atoms with E-state index in [9.17, 15) is 9.18 Å². The number of aromatic amines is 1. The summed E-state index contributed by atoms with van der Waals surface area (Å²) in [5.74, 6) is -0.451. The Morgan fingerprint density at radius 2 is 2.25 bits per heavy atom. The minimum Gasteiger partial charge on any atom is -0.350 e. The molecule has 2 heterocycles. The van der Waals surface area contributed by atoms with Gasteiger partial charge in [0.2, 0.25) is 0 Å². The van der Waals surface area contributed by atoms with E-state index in [0.717, 1.165) is 30.2 Å². The van der Waals surface area contributed by atoms with E-state index in [0.29, 0.717) is 11.2 Å². The molecule has 2 N–H and O–H groups in total.